The van der Waals surface area contributed by atoms with E-state index in [1.165, 1.54) is 44.9 Å². The molecule has 2 aliphatic rings. The molecule has 0 saturated heterocycles. The zero-order chi connectivity index (χ0) is 12.4. The van der Waals surface area contributed by atoms with Crippen LogP contribution in [-0.2, 0) is 0 Å². The lowest BCUT2D eigenvalue weighted by Crippen LogP contribution is -2.30. The molecule has 2 unspecified atom stereocenters. The minimum Gasteiger partial charge on any atom is -0.317 e. The quantitative estimate of drug-likeness (QED) is 0.839. The molecule has 2 atom stereocenters. The van der Waals surface area contributed by atoms with E-state index in [9.17, 15) is 0 Å². The molecular weight excluding hydrogens is 218 g/mol. The molecule has 0 amide bonds. The Bertz CT molecular complexity index is 377. The standard InChI is InChI=1S/C17H25N/c1-18-17-7-3-6-16(12-17)15-10-8-14(9-11-15)13-4-2-5-13/h8-11,13,16-18H,2-7,12H2,1H3. The van der Waals surface area contributed by atoms with Crippen molar-refractivity contribution in [3.63, 3.8) is 0 Å². The molecule has 2 saturated carbocycles. The first-order chi connectivity index (χ1) is 8.86. The second-order valence-corrected chi connectivity index (χ2v) is 6.14. The lowest BCUT2D eigenvalue weighted by molar-refractivity contribution is 0.355. The molecule has 1 aromatic rings. The fourth-order valence-electron chi connectivity index (χ4n) is 3.54. The second-order valence-electron chi connectivity index (χ2n) is 6.14. The van der Waals surface area contributed by atoms with Gasteiger partial charge in [0.15, 0.2) is 0 Å². The number of nitrogens with one attached hydrogen (secondary N) is 1. The van der Waals surface area contributed by atoms with Crippen LogP contribution in [0.1, 0.15) is 67.9 Å². The summed E-state index contributed by atoms with van der Waals surface area (Å²) in [7, 11) is 2.10. The van der Waals surface area contributed by atoms with E-state index in [1.807, 2.05) is 0 Å². The Labute approximate surface area is 111 Å². The van der Waals surface area contributed by atoms with Crippen LogP contribution < -0.4 is 5.32 Å². The maximum absolute atomic E-state index is 3.45. The summed E-state index contributed by atoms with van der Waals surface area (Å²) < 4.78 is 0. The van der Waals surface area contributed by atoms with E-state index in [0.29, 0.717) is 0 Å². The number of hydrogen-bond donors (Lipinski definition) is 1. The van der Waals surface area contributed by atoms with Gasteiger partial charge in [0.2, 0.25) is 0 Å². The van der Waals surface area contributed by atoms with Gasteiger partial charge in [0.1, 0.15) is 0 Å². The highest BCUT2D eigenvalue weighted by Crippen LogP contribution is 2.38. The van der Waals surface area contributed by atoms with Crippen molar-refractivity contribution in [1.29, 1.82) is 0 Å². The van der Waals surface area contributed by atoms with Gasteiger partial charge in [-0.15, -0.1) is 0 Å². The molecular formula is C17H25N. The van der Waals surface area contributed by atoms with Gasteiger partial charge >= 0.3 is 0 Å². The monoisotopic (exact) mass is 243 g/mol. The van der Waals surface area contributed by atoms with Crippen molar-refractivity contribution in [2.75, 3.05) is 7.05 Å². The molecule has 0 bridgehead atoms. The third-order valence-corrected chi connectivity index (χ3v) is 5.07. The average molecular weight is 243 g/mol. The minimum absolute atomic E-state index is 0.732. The number of benzene rings is 1. The molecule has 2 aliphatic carbocycles. The topological polar surface area (TPSA) is 12.0 Å². The van der Waals surface area contributed by atoms with Crippen LogP contribution in [-0.4, -0.2) is 13.1 Å². The summed E-state index contributed by atoms with van der Waals surface area (Å²) in [4.78, 5) is 0. The van der Waals surface area contributed by atoms with Crippen LogP contribution in [0.25, 0.3) is 0 Å². The van der Waals surface area contributed by atoms with Crippen LogP contribution in [0, 0.1) is 0 Å². The van der Waals surface area contributed by atoms with Gasteiger partial charge in [0.05, 0.1) is 0 Å². The zero-order valence-electron chi connectivity index (χ0n) is 11.5. The maximum atomic E-state index is 3.45. The van der Waals surface area contributed by atoms with Crippen molar-refractivity contribution in [2.45, 2.75) is 62.8 Å². The zero-order valence-corrected chi connectivity index (χ0v) is 11.5. The van der Waals surface area contributed by atoms with Gasteiger partial charge in [-0.2, -0.15) is 0 Å². The molecule has 0 spiro atoms. The van der Waals surface area contributed by atoms with E-state index in [0.717, 1.165) is 17.9 Å². The summed E-state index contributed by atoms with van der Waals surface area (Å²) in [5.74, 6) is 1.65. The van der Waals surface area contributed by atoms with E-state index in [2.05, 4.69) is 36.6 Å². The van der Waals surface area contributed by atoms with E-state index in [-0.39, 0.29) is 0 Å². The smallest absolute Gasteiger partial charge is 0.00698 e. The van der Waals surface area contributed by atoms with Crippen LogP contribution >= 0.6 is 0 Å². The fraction of sp³-hybridized carbons (Fsp3) is 0.647. The third-order valence-electron chi connectivity index (χ3n) is 5.07. The Morgan fingerprint density at radius 3 is 1.94 bits per heavy atom. The van der Waals surface area contributed by atoms with E-state index in [1.54, 1.807) is 11.1 Å². The molecule has 0 aromatic heterocycles. The van der Waals surface area contributed by atoms with Crippen molar-refractivity contribution in [3.8, 4) is 0 Å². The van der Waals surface area contributed by atoms with Gasteiger partial charge in [-0.05, 0) is 62.1 Å². The maximum Gasteiger partial charge on any atom is 0.00698 e. The molecule has 98 valence electrons. The van der Waals surface area contributed by atoms with Crippen LogP contribution in [0.2, 0.25) is 0 Å². The van der Waals surface area contributed by atoms with Crippen LogP contribution in [0.4, 0.5) is 0 Å². The first kappa shape index (κ1) is 12.2. The van der Waals surface area contributed by atoms with Crippen molar-refractivity contribution in [3.05, 3.63) is 35.4 Å². The first-order valence-corrected chi connectivity index (χ1v) is 7.64. The lowest BCUT2D eigenvalue weighted by Gasteiger charge is -2.30. The third kappa shape index (κ3) is 2.47. The van der Waals surface area contributed by atoms with Crippen LogP contribution in [0.3, 0.4) is 0 Å². The SMILES string of the molecule is CNC1CCCC(c2ccc(C3CCC3)cc2)C1. The largest absolute Gasteiger partial charge is 0.317 e. The van der Waals surface area contributed by atoms with Crippen LogP contribution in [0.15, 0.2) is 24.3 Å². The Hall–Kier alpha value is -0.820. The summed E-state index contributed by atoms with van der Waals surface area (Å²) in [5, 5.41) is 3.45. The van der Waals surface area contributed by atoms with Gasteiger partial charge in [-0.25, -0.2) is 0 Å². The Balaban J connectivity index is 1.67. The van der Waals surface area contributed by atoms with Gasteiger partial charge in [-0.1, -0.05) is 37.1 Å². The van der Waals surface area contributed by atoms with Crippen LogP contribution in [0.5, 0.6) is 0 Å². The van der Waals surface area contributed by atoms with Gasteiger partial charge in [0.25, 0.3) is 0 Å². The average Bonchev–Trinajstić information content (AvgIpc) is 2.38. The predicted octanol–water partition coefficient (Wildman–Crippen LogP) is 4.20. The molecule has 1 nitrogen and oxygen atoms in total. The summed E-state index contributed by atoms with van der Waals surface area (Å²) in [6.45, 7) is 0. The Morgan fingerprint density at radius 1 is 0.833 bits per heavy atom. The summed E-state index contributed by atoms with van der Waals surface area (Å²) >= 11 is 0. The predicted molar refractivity (Wildman–Crippen MR) is 77.1 cm³/mol. The molecule has 0 heterocycles. The molecule has 0 aliphatic heterocycles. The molecule has 1 N–H and O–H groups in total. The van der Waals surface area contributed by atoms with Gasteiger partial charge in [-0.3, -0.25) is 0 Å². The van der Waals surface area contributed by atoms with Gasteiger partial charge < -0.3 is 5.32 Å². The van der Waals surface area contributed by atoms with Crippen molar-refractivity contribution >= 4 is 0 Å². The Kier molecular flexibility index (Phi) is 3.69. The number of rotatable bonds is 3. The molecule has 3 rings (SSSR count). The second kappa shape index (κ2) is 5.44. The fourth-order valence-corrected chi connectivity index (χ4v) is 3.54. The summed E-state index contributed by atoms with van der Waals surface area (Å²) in [6.07, 6.45) is 9.67. The normalized spacial score (nSPS) is 28.9. The lowest BCUT2D eigenvalue weighted by atomic mass is 9.78. The van der Waals surface area contributed by atoms with E-state index >= 15 is 0 Å². The molecule has 2 fully saturated rings. The van der Waals surface area contributed by atoms with Crippen molar-refractivity contribution in [2.24, 2.45) is 0 Å². The minimum atomic E-state index is 0.732. The molecule has 1 aromatic carbocycles. The van der Waals surface area contributed by atoms with Crippen molar-refractivity contribution in [1.82, 2.24) is 5.32 Å². The highest BCUT2D eigenvalue weighted by Gasteiger charge is 2.23. The number of hydrogen-bond acceptors (Lipinski definition) is 1. The first-order valence-electron chi connectivity index (χ1n) is 7.64. The van der Waals surface area contributed by atoms with Crippen molar-refractivity contribution < 1.29 is 0 Å². The summed E-state index contributed by atoms with van der Waals surface area (Å²) in [5.41, 5.74) is 3.14. The van der Waals surface area contributed by atoms with E-state index < -0.39 is 0 Å². The molecule has 1 heteroatoms. The highest BCUT2D eigenvalue weighted by atomic mass is 14.9. The van der Waals surface area contributed by atoms with Gasteiger partial charge in [0, 0.05) is 6.04 Å². The Morgan fingerprint density at radius 2 is 1.39 bits per heavy atom. The highest BCUT2D eigenvalue weighted by molar-refractivity contribution is 5.29. The van der Waals surface area contributed by atoms with E-state index in [4.69, 9.17) is 0 Å². The molecule has 18 heavy (non-hydrogen) atoms. The summed E-state index contributed by atoms with van der Waals surface area (Å²) in [6, 6.07) is 10.3. The molecule has 0 radical (unpaired) electrons.